The average Bonchev–Trinajstić information content (AvgIpc) is 2.51. The Morgan fingerprint density at radius 2 is 1.79 bits per heavy atom. The van der Waals surface area contributed by atoms with Gasteiger partial charge in [-0.2, -0.15) is 13.5 Å². The maximum absolute atomic E-state index is 12.5. The van der Waals surface area contributed by atoms with Crippen molar-refractivity contribution in [2.45, 2.75) is 6.54 Å². The van der Waals surface area contributed by atoms with E-state index in [4.69, 9.17) is 4.55 Å². The van der Waals surface area contributed by atoms with Crippen molar-refractivity contribution in [3.8, 4) is 11.6 Å². The first-order valence-electron chi connectivity index (χ1n) is 6.65. The Hall–Kier alpha value is -2.79. The van der Waals surface area contributed by atoms with Gasteiger partial charge in [-0.15, -0.1) is 5.11 Å². The molecule has 0 saturated heterocycles. The van der Waals surface area contributed by atoms with Crippen molar-refractivity contribution in [3.05, 3.63) is 51.2 Å². The van der Waals surface area contributed by atoms with E-state index >= 15 is 0 Å². The Kier molecular flexibility index (Phi) is 4.95. The zero-order valence-corrected chi connectivity index (χ0v) is 13.3. The molecule has 0 aliphatic carbocycles. The van der Waals surface area contributed by atoms with E-state index in [0.29, 0.717) is 4.57 Å². The lowest BCUT2D eigenvalue weighted by Gasteiger charge is -2.13. The first kappa shape index (κ1) is 17.6. The smallest absolute Gasteiger partial charge is 0.338 e. The second-order valence-corrected chi connectivity index (χ2v) is 6.24. The molecule has 0 spiro atoms. The van der Waals surface area contributed by atoms with Gasteiger partial charge in [0.2, 0.25) is 11.6 Å². The predicted molar refractivity (Wildman–Crippen MR) is 84.8 cm³/mol. The molecule has 0 saturated carbocycles. The Labute approximate surface area is 136 Å². The van der Waals surface area contributed by atoms with Gasteiger partial charge in [-0.05, 0) is 12.1 Å². The normalized spacial score (nSPS) is 11.9. The van der Waals surface area contributed by atoms with Gasteiger partial charge in [0.05, 0.1) is 11.4 Å². The van der Waals surface area contributed by atoms with Crippen LogP contribution >= 0.6 is 0 Å². The quantitative estimate of drug-likeness (QED) is 0.584. The molecular weight excluding hydrogens is 340 g/mol. The van der Waals surface area contributed by atoms with E-state index in [1.54, 1.807) is 18.2 Å². The molecule has 0 amide bonds. The number of hydrogen-bond acceptors (Lipinski definition) is 7. The number of nitrogens with zero attached hydrogens (tertiary/aromatic N) is 4. The van der Waals surface area contributed by atoms with Crippen molar-refractivity contribution < 1.29 is 18.1 Å². The molecule has 10 nitrogen and oxygen atoms in total. The van der Waals surface area contributed by atoms with Gasteiger partial charge in [-0.1, -0.05) is 18.2 Å². The van der Waals surface area contributed by atoms with E-state index in [9.17, 15) is 23.1 Å². The first-order valence-corrected chi connectivity index (χ1v) is 8.26. The maximum Gasteiger partial charge on any atom is 0.338 e. The molecule has 0 aliphatic rings. The molecule has 11 heteroatoms. The lowest BCUT2D eigenvalue weighted by molar-refractivity contribution is 0.423. The number of aromatic nitrogens is 2. The monoisotopic (exact) mass is 354 g/mol. The molecule has 2 aromatic rings. The molecule has 2 rings (SSSR count). The molecule has 0 bridgehead atoms. The highest BCUT2D eigenvalue weighted by atomic mass is 32.2. The number of rotatable bonds is 5. The van der Waals surface area contributed by atoms with Gasteiger partial charge in [0.25, 0.3) is 15.7 Å². The summed E-state index contributed by atoms with van der Waals surface area (Å²) in [6.45, 7) is -0.601. The Morgan fingerprint density at radius 3 is 2.33 bits per heavy atom. The van der Waals surface area contributed by atoms with E-state index in [2.05, 4.69) is 10.2 Å². The lowest BCUT2D eigenvalue weighted by atomic mass is 10.3. The van der Waals surface area contributed by atoms with Gasteiger partial charge in [0.15, 0.2) is 0 Å². The fourth-order valence-electron chi connectivity index (χ4n) is 2.03. The van der Waals surface area contributed by atoms with Gasteiger partial charge in [-0.3, -0.25) is 13.9 Å². The van der Waals surface area contributed by atoms with Gasteiger partial charge in [-0.25, -0.2) is 9.36 Å². The second-order valence-electron chi connectivity index (χ2n) is 4.67. The zero-order chi connectivity index (χ0) is 17.9. The van der Waals surface area contributed by atoms with Crippen LogP contribution < -0.4 is 11.2 Å². The third kappa shape index (κ3) is 3.58. The van der Waals surface area contributed by atoms with E-state index < -0.39 is 45.2 Å². The molecule has 1 heterocycles. The van der Waals surface area contributed by atoms with E-state index in [1.807, 2.05) is 0 Å². The summed E-state index contributed by atoms with van der Waals surface area (Å²) < 4.78 is 32.0. The van der Waals surface area contributed by atoms with Crippen molar-refractivity contribution in [1.82, 2.24) is 9.13 Å². The van der Waals surface area contributed by atoms with Crippen LogP contribution in [-0.2, 0) is 16.7 Å². The number of azo groups is 1. The summed E-state index contributed by atoms with van der Waals surface area (Å²) in [5.41, 5.74) is -2.26. The van der Waals surface area contributed by atoms with Gasteiger partial charge < -0.3 is 5.11 Å². The summed E-state index contributed by atoms with van der Waals surface area (Å²) in [6.07, 6.45) is 0. The van der Waals surface area contributed by atoms with E-state index in [0.717, 1.165) is 4.57 Å². The minimum Gasteiger partial charge on any atom is -0.492 e. The van der Waals surface area contributed by atoms with Crippen LogP contribution in [0.1, 0.15) is 0 Å². The molecule has 24 heavy (non-hydrogen) atoms. The molecule has 0 unspecified atom stereocenters. The SMILES string of the molecule is C/N=N/c1c(O)n(-c2ccccc2)c(=O)n(CCS(=O)(=O)O)c1=O. The third-order valence-electron chi connectivity index (χ3n) is 3.08. The van der Waals surface area contributed by atoms with Crippen LogP contribution in [0.15, 0.2) is 50.1 Å². The maximum atomic E-state index is 12.5. The minimum absolute atomic E-state index is 0.244. The summed E-state index contributed by atoms with van der Waals surface area (Å²) in [5, 5.41) is 17.1. The summed E-state index contributed by atoms with van der Waals surface area (Å²) >= 11 is 0. The molecule has 1 aromatic heterocycles. The molecule has 128 valence electrons. The van der Waals surface area contributed by atoms with Crippen LogP contribution in [0.25, 0.3) is 5.69 Å². The number of para-hydroxylation sites is 1. The largest absolute Gasteiger partial charge is 0.492 e. The van der Waals surface area contributed by atoms with Crippen LogP contribution in [0.2, 0.25) is 0 Å². The molecule has 0 aliphatic heterocycles. The van der Waals surface area contributed by atoms with Crippen molar-refractivity contribution >= 4 is 15.8 Å². The Morgan fingerprint density at radius 1 is 1.17 bits per heavy atom. The molecule has 0 fully saturated rings. The summed E-state index contributed by atoms with van der Waals surface area (Å²) in [4.78, 5) is 24.8. The van der Waals surface area contributed by atoms with Crippen molar-refractivity contribution in [2.24, 2.45) is 10.2 Å². The molecular formula is C13H14N4O6S. The summed E-state index contributed by atoms with van der Waals surface area (Å²) in [6, 6.07) is 7.91. The molecule has 2 N–H and O–H groups in total. The predicted octanol–water partition coefficient (Wildman–Crippen LogP) is 0.306. The average molecular weight is 354 g/mol. The number of benzene rings is 1. The summed E-state index contributed by atoms with van der Waals surface area (Å²) in [5.74, 6) is -1.56. The number of hydrogen-bond donors (Lipinski definition) is 2. The highest BCUT2D eigenvalue weighted by Crippen LogP contribution is 2.23. The van der Waals surface area contributed by atoms with Gasteiger partial charge >= 0.3 is 5.69 Å². The van der Waals surface area contributed by atoms with Crippen molar-refractivity contribution in [3.63, 3.8) is 0 Å². The fraction of sp³-hybridized carbons (Fsp3) is 0.231. The van der Waals surface area contributed by atoms with Crippen LogP contribution in [0.3, 0.4) is 0 Å². The van der Waals surface area contributed by atoms with E-state index in [1.165, 1.54) is 19.2 Å². The van der Waals surface area contributed by atoms with Crippen molar-refractivity contribution in [2.75, 3.05) is 12.8 Å². The van der Waals surface area contributed by atoms with E-state index in [-0.39, 0.29) is 5.69 Å². The zero-order valence-electron chi connectivity index (χ0n) is 12.5. The molecule has 0 radical (unpaired) electrons. The minimum atomic E-state index is -4.39. The van der Waals surface area contributed by atoms with Gasteiger partial charge in [0, 0.05) is 13.6 Å². The highest BCUT2D eigenvalue weighted by molar-refractivity contribution is 7.85. The van der Waals surface area contributed by atoms with Crippen LogP contribution in [0.5, 0.6) is 5.88 Å². The van der Waals surface area contributed by atoms with Crippen molar-refractivity contribution in [1.29, 1.82) is 0 Å². The third-order valence-corrected chi connectivity index (χ3v) is 3.78. The Bertz CT molecular complexity index is 992. The van der Waals surface area contributed by atoms with Crippen LogP contribution in [-0.4, -0.2) is 40.0 Å². The van der Waals surface area contributed by atoms with Crippen LogP contribution in [0.4, 0.5) is 5.69 Å². The fourth-order valence-corrected chi connectivity index (χ4v) is 2.44. The highest BCUT2D eigenvalue weighted by Gasteiger charge is 2.20. The standard InChI is InChI=1S/C13H14N4O6S/c1-14-15-10-11(18)16(7-8-24(21,22)23)13(20)17(12(10)19)9-5-3-2-4-6-9/h2-6,19H,7-8H2,1H3,(H,21,22,23)/b15-14+. The first-order chi connectivity index (χ1) is 11.3. The topological polar surface area (TPSA) is 143 Å². The molecule has 1 aromatic carbocycles. The molecule has 0 atom stereocenters. The Balaban J connectivity index is 2.79. The van der Waals surface area contributed by atoms with Crippen LogP contribution in [0, 0.1) is 0 Å². The second kappa shape index (κ2) is 6.76. The summed E-state index contributed by atoms with van der Waals surface area (Å²) in [7, 11) is -3.13. The number of aromatic hydroxyl groups is 1. The lowest BCUT2D eigenvalue weighted by Crippen LogP contribution is -2.40. The van der Waals surface area contributed by atoms with Gasteiger partial charge in [0.1, 0.15) is 0 Å².